The Bertz CT molecular complexity index is 350. The summed E-state index contributed by atoms with van der Waals surface area (Å²) in [6.07, 6.45) is 14.1. The third-order valence-corrected chi connectivity index (χ3v) is 4.94. The van der Waals surface area contributed by atoms with Crippen LogP contribution in [0.4, 0.5) is 0 Å². The number of hydrogen-bond donors (Lipinski definition) is 2. The molecule has 0 aromatic rings. The molecule has 0 bridgehead atoms. The van der Waals surface area contributed by atoms with Crippen molar-refractivity contribution >= 4 is 11.9 Å². The van der Waals surface area contributed by atoms with Gasteiger partial charge in [0.1, 0.15) is 0 Å². The van der Waals surface area contributed by atoms with Crippen LogP contribution in [-0.4, -0.2) is 22.2 Å². The highest BCUT2D eigenvalue weighted by molar-refractivity contribution is 5.73. The Labute approximate surface area is 148 Å². The van der Waals surface area contributed by atoms with E-state index in [9.17, 15) is 14.7 Å². The molecule has 0 saturated heterocycles. The molecule has 0 amide bonds. The van der Waals surface area contributed by atoms with Gasteiger partial charge < -0.3 is 10.2 Å². The minimum absolute atomic E-state index is 0.0952. The van der Waals surface area contributed by atoms with Crippen LogP contribution in [0.15, 0.2) is 0 Å². The van der Waals surface area contributed by atoms with E-state index in [1.165, 1.54) is 51.4 Å². The van der Waals surface area contributed by atoms with E-state index in [-0.39, 0.29) is 6.42 Å². The van der Waals surface area contributed by atoms with E-state index in [0.29, 0.717) is 6.42 Å². The summed E-state index contributed by atoms with van der Waals surface area (Å²) in [5.74, 6) is -2.37. The van der Waals surface area contributed by atoms with Crippen molar-refractivity contribution in [3.8, 4) is 0 Å². The van der Waals surface area contributed by atoms with Gasteiger partial charge >= 0.3 is 11.9 Å². The molecular formula is C20H38O4. The third-order valence-electron chi connectivity index (χ3n) is 4.94. The molecule has 1 unspecified atom stereocenters. The van der Waals surface area contributed by atoms with E-state index >= 15 is 0 Å². The smallest absolute Gasteiger partial charge is 0.307 e. The quantitative estimate of drug-likeness (QED) is 0.343. The Hall–Kier alpha value is -1.06. The lowest BCUT2D eigenvalue weighted by Gasteiger charge is -2.30. The van der Waals surface area contributed by atoms with Crippen LogP contribution >= 0.6 is 0 Å². The van der Waals surface area contributed by atoms with E-state index in [1.807, 2.05) is 0 Å². The maximum absolute atomic E-state index is 11.4. The normalized spacial score (nSPS) is 13.0. The topological polar surface area (TPSA) is 74.6 Å². The molecule has 0 aliphatic heterocycles. The van der Waals surface area contributed by atoms with Crippen LogP contribution in [0.3, 0.4) is 0 Å². The van der Waals surface area contributed by atoms with Crippen molar-refractivity contribution < 1.29 is 19.8 Å². The average molecular weight is 343 g/mol. The lowest BCUT2D eigenvalue weighted by Crippen LogP contribution is -2.33. The summed E-state index contributed by atoms with van der Waals surface area (Å²) in [7, 11) is 0. The van der Waals surface area contributed by atoms with Gasteiger partial charge in [0, 0.05) is 0 Å². The van der Waals surface area contributed by atoms with E-state index in [4.69, 9.17) is 5.11 Å². The van der Waals surface area contributed by atoms with Crippen molar-refractivity contribution in [2.45, 2.75) is 104 Å². The Balaban J connectivity index is 3.79. The summed E-state index contributed by atoms with van der Waals surface area (Å²) >= 11 is 0. The predicted octanol–water partition coefficient (Wildman–Crippen LogP) is 5.89. The minimum atomic E-state index is -0.926. The molecule has 4 heteroatoms. The van der Waals surface area contributed by atoms with E-state index < -0.39 is 23.3 Å². The summed E-state index contributed by atoms with van der Waals surface area (Å²) in [5.41, 5.74) is -0.698. The summed E-state index contributed by atoms with van der Waals surface area (Å²) < 4.78 is 0. The first-order valence-electron chi connectivity index (χ1n) is 9.76. The Morgan fingerprint density at radius 1 is 0.792 bits per heavy atom. The zero-order chi connectivity index (χ0) is 18.4. The Morgan fingerprint density at radius 3 is 1.58 bits per heavy atom. The second kappa shape index (κ2) is 13.3. The van der Waals surface area contributed by atoms with E-state index in [0.717, 1.165) is 19.3 Å². The van der Waals surface area contributed by atoms with Gasteiger partial charge in [-0.15, -0.1) is 0 Å². The zero-order valence-electron chi connectivity index (χ0n) is 16.0. The number of unbranched alkanes of at least 4 members (excludes halogenated alkanes) is 10. The van der Waals surface area contributed by atoms with Gasteiger partial charge in [-0.25, -0.2) is 0 Å². The molecule has 0 spiro atoms. The van der Waals surface area contributed by atoms with Gasteiger partial charge in [-0.2, -0.15) is 0 Å². The van der Waals surface area contributed by atoms with Gasteiger partial charge in [-0.3, -0.25) is 9.59 Å². The second-order valence-corrected chi connectivity index (χ2v) is 7.77. The number of carbonyl (C=O) groups is 2. The molecule has 2 N–H and O–H groups in total. The molecule has 24 heavy (non-hydrogen) atoms. The zero-order valence-corrected chi connectivity index (χ0v) is 16.0. The fourth-order valence-electron chi connectivity index (χ4n) is 3.37. The van der Waals surface area contributed by atoms with Crippen LogP contribution in [0.25, 0.3) is 0 Å². The van der Waals surface area contributed by atoms with Crippen molar-refractivity contribution in [3.63, 3.8) is 0 Å². The first-order chi connectivity index (χ1) is 11.3. The largest absolute Gasteiger partial charge is 0.481 e. The van der Waals surface area contributed by atoms with Gasteiger partial charge in [0.05, 0.1) is 12.3 Å². The van der Waals surface area contributed by atoms with Gasteiger partial charge in [-0.05, 0) is 11.8 Å². The van der Waals surface area contributed by atoms with Gasteiger partial charge in [-0.1, -0.05) is 91.4 Å². The molecule has 142 valence electrons. The molecule has 0 fully saturated rings. The molecule has 0 saturated carbocycles. The molecule has 0 rings (SSSR count). The highest BCUT2D eigenvalue weighted by Crippen LogP contribution is 2.34. The summed E-state index contributed by atoms with van der Waals surface area (Å²) in [6.45, 7) is 5.73. The van der Waals surface area contributed by atoms with Crippen molar-refractivity contribution in [1.29, 1.82) is 0 Å². The summed E-state index contributed by atoms with van der Waals surface area (Å²) in [5, 5.41) is 18.3. The molecule has 0 aromatic heterocycles. The molecular weight excluding hydrogens is 304 g/mol. The van der Waals surface area contributed by atoms with Crippen molar-refractivity contribution in [1.82, 2.24) is 0 Å². The van der Waals surface area contributed by atoms with E-state index in [2.05, 4.69) is 6.92 Å². The molecule has 0 aromatic carbocycles. The van der Waals surface area contributed by atoms with Crippen LogP contribution in [0.1, 0.15) is 104 Å². The number of hydrogen-bond acceptors (Lipinski definition) is 2. The minimum Gasteiger partial charge on any atom is -0.481 e. The number of carboxylic acids is 2. The Morgan fingerprint density at radius 2 is 1.21 bits per heavy atom. The maximum atomic E-state index is 11.4. The number of carboxylic acid groups (broad SMARTS) is 2. The van der Waals surface area contributed by atoms with Crippen molar-refractivity contribution in [2.24, 2.45) is 11.3 Å². The highest BCUT2D eigenvalue weighted by atomic mass is 16.4. The molecule has 1 atom stereocenters. The SMILES string of the molecule is CCCCCCCCCCCCCC(C(=O)O)C(C)(C)CC(=O)O. The van der Waals surface area contributed by atoms with Crippen LogP contribution in [-0.2, 0) is 9.59 Å². The number of aliphatic carboxylic acids is 2. The highest BCUT2D eigenvalue weighted by Gasteiger charge is 2.36. The van der Waals surface area contributed by atoms with Gasteiger partial charge in [0.25, 0.3) is 0 Å². The Kier molecular flexibility index (Phi) is 12.7. The monoisotopic (exact) mass is 342 g/mol. The lowest BCUT2D eigenvalue weighted by molar-refractivity contribution is -0.149. The fourth-order valence-corrected chi connectivity index (χ4v) is 3.37. The predicted molar refractivity (Wildman–Crippen MR) is 98.2 cm³/mol. The summed E-state index contributed by atoms with van der Waals surface area (Å²) in [4.78, 5) is 22.4. The molecule has 0 heterocycles. The van der Waals surface area contributed by atoms with Crippen LogP contribution in [0, 0.1) is 11.3 Å². The lowest BCUT2D eigenvalue weighted by atomic mass is 9.74. The average Bonchev–Trinajstić information content (AvgIpc) is 2.46. The van der Waals surface area contributed by atoms with Crippen LogP contribution in [0.5, 0.6) is 0 Å². The maximum Gasteiger partial charge on any atom is 0.307 e. The second-order valence-electron chi connectivity index (χ2n) is 7.77. The molecule has 0 radical (unpaired) electrons. The molecule has 0 aliphatic carbocycles. The fraction of sp³-hybridized carbons (Fsp3) is 0.900. The standard InChI is InChI=1S/C20H38O4/c1-4-5-6-7-8-9-10-11-12-13-14-15-17(19(23)24)20(2,3)16-18(21)22/h17H,4-16H2,1-3H3,(H,21,22)(H,23,24). The number of rotatable bonds is 16. The first kappa shape index (κ1) is 22.9. The summed E-state index contributed by atoms with van der Waals surface area (Å²) in [6, 6.07) is 0. The van der Waals surface area contributed by atoms with Crippen molar-refractivity contribution in [3.05, 3.63) is 0 Å². The van der Waals surface area contributed by atoms with Crippen molar-refractivity contribution in [2.75, 3.05) is 0 Å². The van der Waals surface area contributed by atoms with E-state index in [1.54, 1.807) is 13.8 Å². The molecule has 0 aliphatic rings. The first-order valence-corrected chi connectivity index (χ1v) is 9.76. The van der Waals surface area contributed by atoms with Gasteiger partial charge in [0.2, 0.25) is 0 Å². The van der Waals surface area contributed by atoms with Gasteiger partial charge in [0.15, 0.2) is 0 Å². The molecule has 4 nitrogen and oxygen atoms in total. The van der Waals surface area contributed by atoms with Crippen LogP contribution < -0.4 is 0 Å². The third kappa shape index (κ3) is 11.5. The van der Waals surface area contributed by atoms with Crippen LogP contribution in [0.2, 0.25) is 0 Å².